The summed E-state index contributed by atoms with van der Waals surface area (Å²) in [5.74, 6) is -0.282. The van der Waals surface area contributed by atoms with Crippen molar-refractivity contribution in [2.24, 2.45) is 35.5 Å². The van der Waals surface area contributed by atoms with Crippen LogP contribution in [0.5, 0.6) is 0 Å². The summed E-state index contributed by atoms with van der Waals surface area (Å²) < 4.78 is 25.1. The zero-order valence-corrected chi connectivity index (χ0v) is 31.3. The minimum atomic E-state index is -1.06. The van der Waals surface area contributed by atoms with E-state index in [9.17, 15) is 19.8 Å². The van der Waals surface area contributed by atoms with E-state index in [1.165, 1.54) is 6.42 Å². The van der Waals surface area contributed by atoms with Crippen molar-refractivity contribution in [2.45, 2.75) is 148 Å². The number of esters is 1. The Hall–Kier alpha value is -1.40. The SMILES string of the molecule is CC[C@H]1OC(=O)CC(O)[C@H](C)[C@@H](O[C@@H]2O[C@H](C)C[C@H](N(C)C)[C@H]2O)[C@@H](CCN2CC(C)CC(C)C2)C[C@@H](C)C(=O)/C=C/[C@]2(C)O[C@@H]2[C@@H]1C. The van der Waals surface area contributed by atoms with Crippen LogP contribution in [0.4, 0.5) is 0 Å². The van der Waals surface area contributed by atoms with Gasteiger partial charge in [0.2, 0.25) is 0 Å². The van der Waals surface area contributed by atoms with Crippen molar-refractivity contribution in [3.8, 4) is 0 Å². The van der Waals surface area contributed by atoms with Crippen LogP contribution in [0.3, 0.4) is 0 Å². The van der Waals surface area contributed by atoms with E-state index in [1.807, 2.05) is 66.6 Å². The number of ether oxygens (including phenoxy) is 4. The van der Waals surface area contributed by atoms with Gasteiger partial charge in [-0.1, -0.05) is 41.5 Å². The van der Waals surface area contributed by atoms with E-state index in [1.54, 1.807) is 6.08 Å². The van der Waals surface area contributed by atoms with Crippen LogP contribution in [0, 0.1) is 35.5 Å². The normalized spacial score (nSPS) is 46.2. The van der Waals surface area contributed by atoms with Gasteiger partial charge in [0.25, 0.3) is 0 Å². The number of carbonyl (C=O) groups excluding carboxylic acids is 2. The van der Waals surface area contributed by atoms with Crippen LogP contribution in [0.15, 0.2) is 12.2 Å². The minimum absolute atomic E-state index is 0.0242. The first-order valence-electron chi connectivity index (χ1n) is 18.7. The molecule has 0 bridgehead atoms. The van der Waals surface area contributed by atoms with Crippen molar-refractivity contribution in [2.75, 3.05) is 33.7 Å². The maximum atomic E-state index is 13.7. The lowest BCUT2D eigenvalue weighted by molar-refractivity contribution is -0.283. The molecule has 2 N–H and O–H groups in total. The predicted octanol–water partition coefficient (Wildman–Crippen LogP) is 4.45. The number of rotatable bonds is 7. The molecule has 48 heavy (non-hydrogen) atoms. The summed E-state index contributed by atoms with van der Waals surface area (Å²) in [6, 6.07) is -0.164. The predicted molar refractivity (Wildman–Crippen MR) is 185 cm³/mol. The molecule has 4 aliphatic heterocycles. The van der Waals surface area contributed by atoms with Gasteiger partial charge in [0.15, 0.2) is 12.1 Å². The second kappa shape index (κ2) is 16.7. The van der Waals surface area contributed by atoms with Gasteiger partial charge in [0.1, 0.15) is 17.8 Å². The van der Waals surface area contributed by atoms with E-state index in [-0.39, 0.29) is 54.3 Å². The van der Waals surface area contributed by atoms with E-state index >= 15 is 0 Å². The Morgan fingerprint density at radius 3 is 2.29 bits per heavy atom. The summed E-state index contributed by atoms with van der Waals surface area (Å²) in [7, 11) is 3.88. The van der Waals surface area contributed by atoms with Gasteiger partial charge in [-0.2, -0.15) is 0 Å². The smallest absolute Gasteiger partial charge is 0.308 e. The average molecular weight is 679 g/mol. The average Bonchev–Trinajstić information content (AvgIpc) is 3.70. The lowest BCUT2D eigenvalue weighted by Gasteiger charge is -2.45. The second-order valence-electron chi connectivity index (χ2n) is 16.4. The second-order valence-corrected chi connectivity index (χ2v) is 16.4. The van der Waals surface area contributed by atoms with Gasteiger partial charge in [-0.05, 0) is 96.5 Å². The molecule has 0 aliphatic carbocycles. The summed E-state index contributed by atoms with van der Waals surface area (Å²) in [6.07, 6.45) is 2.93. The molecular weight excluding hydrogens is 612 g/mol. The fourth-order valence-corrected chi connectivity index (χ4v) is 8.75. The molecule has 0 aromatic carbocycles. The van der Waals surface area contributed by atoms with E-state index in [0.29, 0.717) is 31.1 Å². The third-order valence-corrected chi connectivity index (χ3v) is 11.7. The first-order chi connectivity index (χ1) is 22.5. The van der Waals surface area contributed by atoms with Crippen LogP contribution in [-0.2, 0) is 28.5 Å². The highest BCUT2D eigenvalue weighted by Crippen LogP contribution is 2.45. The monoisotopic (exact) mass is 678 g/mol. The summed E-state index contributed by atoms with van der Waals surface area (Å²) >= 11 is 0. The topological polar surface area (TPSA) is 121 Å². The van der Waals surface area contributed by atoms with Gasteiger partial charge in [0, 0.05) is 36.9 Å². The van der Waals surface area contributed by atoms with Crippen molar-refractivity contribution in [3.63, 3.8) is 0 Å². The van der Waals surface area contributed by atoms with E-state index in [0.717, 1.165) is 26.1 Å². The number of nitrogens with zero attached hydrogens (tertiary/aromatic N) is 2. The number of cyclic esters (lactones) is 1. The molecule has 0 saturated carbocycles. The quantitative estimate of drug-likeness (QED) is 0.295. The Kier molecular flexibility index (Phi) is 13.7. The van der Waals surface area contributed by atoms with Crippen LogP contribution >= 0.6 is 0 Å². The van der Waals surface area contributed by atoms with Gasteiger partial charge >= 0.3 is 5.97 Å². The van der Waals surface area contributed by atoms with Gasteiger partial charge in [-0.15, -0.1) is 0 Å². The number of allylic oxidation sites excluding steroid dienone is 1. The van der Waals surface area contributed by atoms with Gasteiger partial charge in [-0.3, -0.25) is 9.59 Å². The molecule has 276 valence electrons. The zero-order valence-electron chi connectivity index (χ0n) is 31.3. The summed E-state index contributed by atoms with van der Waals surface area (Å²) in [5.41, 5.74) is -0.597. The Morgan fingerprint density at radius 2 is 1.67 bits per heavy atom. The maximum absolute atomic E-state index is 13.7. The number of epoxide rings is 1. The highest BCUT2D eigenvalue weighted by atomic mass is 16.7. The number of likely N-dealkylation sites (N-methyl/N-ethyl adjacent to an activating group) is 1. The number of hydrogen-bond donors (Lipinski definition) is 2. The number of piperidine rings is 1. The molecule has 10 heteroatoms. The summed E-state index contributed by atoms with van der Waals surface area (Å²) in [5, 5.41) is 23.1. The standard InChI is InChI=1S/C38H66N2O8/c1-11-32-27(7)36-38(8,48-36)14-12-30(41)24(4)17-28(13-15-40-20-22(2)16-23(3)21-40)35(26(6)31(42)19-33(43)46-32)47-37-34(44)29(39(9)10)18-25(5)45-37/h12,14,22-29,31-32,34-37,42,44H,11,13,15-21H2,1-10H3/b14-12+/t22?,23?,24-,25-,26+,27-,28+,29+,31?,32-,34-,35-,36-,37+,38+/m1/s1. The first kappa shape index (κ1) is 39.4. The zero-order chi connectivity index (χ0) is 35.5. The van der Waals surface area contributed by atoms with Gasteiger partial charge in [-0.25, -0.2) is 0 Å². The Balaban J connectivity index is 1.68. The van der Waals surface area contributed by atoms with Crippen LogP contribution in [-0.4, -0.2) is 120 Å². The largest absolute Gasteiger partial charge is 0.462 e. The molecule has 3 fully saturated rings. The minimum Gasteiger partial charge on any atom is -0.462 e. The third kappa shape index (κ3) is 9.89. The number of carbonyl (C=O) groups is 2. The molecule has 0 aromatic rings. The lowest BCUT2D eigenvalue weighted by Crippen LogP contribution is -2.56. The molecule has 4 rings (SSSR count). The number of aliphatic hydroxyl groups is 2. The maximum Gasteiger partial charge on any atom is 0.308 e. The molecule has 0 aromatic heterocycles. The number of likely N-dealkylation sites (tertiary alicyclic amines) is 1. The van der Waals surface area contributed by atoms with Crippen molar-refractivity contribution >= 4 is 11.8 Å². The number of hydrogen-bond acceptors (Lipinski definition) is 10. The molecule has 0 spiro atoms. The Bertz CT molecular complexity index is 1090. The fourth-order valence-electron chi connectivity index (χ4n) is 8.75. The fraction of sp³-hybridized carbons (Fsp3) is 0.895. The molecule has 10 nitrogen and oxygen atoms in total. The molecular formula is C38H66N2O8. The third-order valence-electron chi connectivity index (χ3n) is 11.7. The Morgan fingerprint density at radius 1 is 1.00 bits per heavy atom. The van der Waals surface area contributed by atoms with Crippen LogP contribution in [0.2, 0.25) is 0 Å². The number of ketones is 1. The molecule has 3 unspecified atom stereocenters. The number of fused-ring (bicyclic) bond motifs is 1. The van der Waals surface area contributed by atoms with Crippen LogP contribution < -0.4 is 0 Å². The summed E-state index contributed by atoms with van der Waals surface area (Å²) in [4.78, 5) is 31.5. The van der Waals surface area contributed by atoms with Crippen molar-refractivity contribution in [1.29, 1.82) is 0 Å². The molecule has 15 atom stereocenters. The van der Waals surface area contributed by atoms with Crippen molar-refractivity contribution < 1.29 is 38.7 Å². The molecule has 0 radical (unpaired) electrons. The van der Waals surface area contributed by atoms with Gasteiger partial charge in [0.05, 0.1) is 30.8 Å². The van der Waals surface area contributed by atoms with Crippen molar-refractivity contribution in [3.05, 3.63) is 12.2 Å². The molecule has 3 saturated heterocycles. The highest BCUT2D eigenvalue weighted by Gasteiger charge is 2.55. The van der Waals surface area contributed by atoms with Crippen LogP contribution in [0.25, 0.3) is 0 Å². The van der Waals surface area contributed by atoms with Crippen molar-refractivity contribution in [1.82, 2.24) is 9.80 Å². The molecule has 4 heterocycles. The molecule has 4 aliphatic rings. The molecule has 0 amide bonds. The number of aliphatic hydroxyl groups excluding tert-OH is 2. The van der Waals surface area contributed by atoms with E-state index in [4.69, 9.17) is 18.9 Å². The Labute approximate surface area is 289 Å². The highest BCUT2D eigenvalue weighted by molar-refractivity contribution is 5.91. The lowest BCUT2D eigenvalue weighted by atomic mass is 9.79. The summed E-state index contributed by atoms with van der Waals surface area (Å²) in [6.45, 7) is 19.3. The van der Waals surface area contributed by atoms with E-state index < -0.39 is 42.1 Å². The van der Waals surface area contributed by atoms with Gasteiger partial charge < -0.3 is 39.0 Å². The van der Waals surface area contributed by atoms with Crippen LogP contribution in [0.1, 0.15) is 93.9 Å². The van der Waals surface area contributed by atoms with E-state index in [2.05, 4.69) is 18.7 Å². The first-order valence-corrected chi connectivity index (χ1v) is 18.7.